The van der Waals surface area contributed by atoms with Gasteiger partial charge in [-0.25, -0.2) is 9.50 Å². The topological polar surface area (TPSA) is 81.4 Å². The van der Waals surface area contributed by atoms with E-state index in [1.807, 2.05) is 30.5 Å². The van der Waals surface area contributed by atoms with E-state index >= 15 is 0 Å². The molecule has 24 heavy (non-hydrogen) atoms. The summed E-state index contributed by atoms with van der Waals surface area (Å²) >= 11 is 0. The SMILES string of the molecule is COc1ccc(CC(=O)NCCCc2cnc3ncnn3c2)cc1. The molecule has 7 nitrogen and oxygen atoms in total. The Balaban J connectivity index is 1.41. The van der Waals surface area contributed by atoms with E-state index in [1.54, 1.807) is 17.8 Å². The summed E-state index contributed by atoms with van der Waals surface area (Å²) in [5.74, 6) is 1.40. The third-order valence-electron chi connectivity index (χ3n) is 3.68. The van der Waals surface area contributed by atoms with Crippen molar-refractivity contribution < 1.29 is 9.53 Å². The van der Waals surface area contributed by atoms with Gasteiger partial charge in [0.15, 0.2) is 0 Å². The van der Waals surface area contributed by atoms with Gasteiger partial charge < -0.3 is 10.1 Å². The molecule has 3 aromatic rings. The molecule has 0 saturated carbocycles. The summed E-state index contributed by atoms with van der Waals surface area (Å²) in [5.41, 5.74) is 2.03. The monoisotopic (exact) mass is 325 g/mol. The van der Waals surface area contributed by atoms with Gasteiger partial charge in [-0.2, -0.15) is 10.1 Å². The number of carbonyl (C=O) groups is 1. The van der Waals surface area contributed by atoms with Crippen LogP contribution < -0.4 is 10.1 Å². The van der Waals surface area contributed by atoms with Gasteiger partial charge >= 0.3 is 0 Å². The van der Waals surface area contributed by atoms with Crippen LogP contribution in [0, 0.1) is 0 Å². The first kappa shape index (κ1) is 15.9. The molecule has 1 amide bonds. The van der Waals surface area contributed by atoms with Crippen molar-refractivity contribution >= 4 is 11.7 Å². The number of carbonyl (C=O) groups excluding carboxylic acids is 1. The molecule has 0 saturated heterocycles. The Kier molecular flexibility index (Phi) is 5.00. The summed E-state index contributed by atoms with van der Waals surface area (Å²) in [5, 5.41) is 7.00. The minimum absolute atomic E-state index is 0.0185. The largest absolute Gasteiger partial charge is 0.497 e. The number of fused-ring (bicyclic) bond motifs is 1. The van der Waals surface area contributed by atoms with Gasteiger partial charge in [0, 0.05) is 18.9 Å². The van der Waals surface area contributed by atoms with Crippen LogP contribution in [-0.4, -0.2) is 39.1 Å². The van der Waals surface area contributed by atoms with E-state index in [0.29, 0.717) is 18.7 Å². The fourth-order valence-electron chi connectivity index (χ4n) is 2.40. The molecule has 2 heterocycles. The minimum atomic E-state index is 0.0185. The van der Waals surface area contributed by atoms with Crippen molar-refractivity contribution in [2.24, 2.45) is 0 Å². The van der Waals surface area contributed by atoms with Gasteiger partial charge in [0.25, 0.3) is 5.78 Å². The molecule has 0 unspecified atom stereocenters. The predicted molar refractivity (Wildman–Crippen MR) is 88.8 cm³/mol. The van der Waals surface area contributed by atoms with Gasteiger partial charge in [-0.1, -0.05) is 12.1 Å². The van der Waals surface area contributed by atoms with Crippen LogP contribution >= 0.6 is 0 Å². The van der Waals surface area contributed by atoms with Gasteiger partial charge in [-0.3, -0.25) is 4.79 Å². The third kappa shape index (κ3) is 4.07. The second kappa shape index (κ2) is 7.54. The smallest absolute Gasteiger partial charge is 0.252 e. The maximum absolute atomic E-state index is 11.9. The van der Waals surface area contributed by atoms with E-state index in [4.69, 9.17) is 4.74 Å². The van der Waals surface area contributed by atoms with Gasteiger partial charge in [0.05, 0.1) is 13.5 Å². The molecule has 3 rings (SSSR count). The van der Waals surface area contributed by atoms with Gasteiger partial charge in [-0.15, -0.1) is 0 Å². The number of ether oxygens (including phenoxy) is 1. The molecule has 0 bridgehead atoms. The first-order valence-electron chi connectivity index (χ1n) is 7.78. The molecule has 0 fully saturated rings. The maximum atomic E-state index is 11.9. The van der Waals surface area contributed by atoms with E-state index in [9.17, 15) is 4.79 Å². The van der Waals surface area contributed by atoms with E-state index in [2.05, 4.69) is 20.4 Å². The summed E-state index contributed by atoms with van der Waals surface area (Å²) in [6.07, 6.45) is 7.22. The number of hydrogen-bond donors (Lipinski definition) is 1. The second-order valence-electron chi connectivity index (χ2n) is 5.45. The lowest BCUT2D eigenvalue weighted by atomic mass is 10.1. The standard InChI is InChI=1S/C17H19N5O2/c1-24-15-6-4-13(5-7-15)9-16(23)18-8-2-3-14-10-19-17-20-12-21-22(17)11-14/h4-7,10-12H,2-3,8-9H2,1H3,(H,18,23). The first-order chi connectivity index (χ1) is 11.7. The lowest BCUT2D eigenvalue weighted by molar-refractivity contribution is -0.120. The molecule has 0 aliphatic carbocycles. The number of methoxy groups -OCH3 is 1. The highest BCUT2D eigenvalue weighted by atomic mass is 16.5. The number of benzene rings is 1. The highest BCUT2D eigenvalue weighted by Gasteiger charge is 2.04. The van der Waals surface area contributed by atoms with Crippen molar-refractivity contribution in [3.05, 3.63) is 54.1 Å². The van der Waals surface area contributed by atoms with Crippen LogP contribution in [0.3, 0.4) is 0 Å². The first-order valence-corrected chi connectivity index (χ1v) is 7.78. The molecule has 124 valence electrons. The van der Waals surface area contributed by atoms with Crippen molar-refractivity contribution in [1.29, 1.82) is 0 Å². The molecule has 0 spiro atoms. The number of rotatable bonds is 7. The zero-order chi connectivity index (χ0) is 16.8. The van der Waals surface area contributed by atoms with Gasteiger partial charge in [0.1, 0.15) is 12.1 Å². The molecule has 0 radical (unpaired) electrons. The minimum Gasteiger partial charge on any atom is -0.497 e. The zero-order valence-electron chi connectivity index (χ0n) is 13.5. The summed E-state index contributed by atoms with van der Waals surface area (Å²) in [6.45, 7) is 0.629. The number of amides is 1. The fourth-order valence-corrected chi connectivity index (χ4v) is 2.40. The number of aryl methyl sites for hydroxylation is 1. The molecule has 1 N–H and O–H groups in total. The van der Waals surface area contributed by atoms with E-state index in [1.165, 1.54) is 6.33 Å². The van der Waals surface area contributed by atoms with Crippen LogP contribution in [0.15, 0.2) is 43.0 Å². The highest BCUT2D eigenvalue weighted by Crippen LogP contribution is 2.11. The second-order valence-corrected chi connectivity index (χ2v) is 5.45. The Hall–Kier alpha value is -2.96. The van der Waals surface area contributed by atoms with Crippen molar-refractivity contribution in [2.75, 3.05) is 13.7 Å². The van der Waals surface area contributed by atoms with E-state index in [-0.39, 0.29) is 5.91 Å². The van der Waals surface area contributed by atoms with Gasteiger partial charge in [0.2, 0.25) is 5.91 Å². The third-order valence-corrected chi connectivity index (χ3v) is 3.68. The Labute approximate surface area is 139 Å². The molecule has 7 heteroatoms. The Morgan fingerprint density at radius 3 is 2.83 bits per heavy atom. The lowest BCUT2D eigenvalue weighted by Gasteiger charge is -2.06. The summed E-state index contributed by atoms with van der Waals surface area (Å²) in [6, 6.07) is 7.51. The normalized spacial score (nSPS) is 10.7. The van der Waals surface area contributed by atoms with Crippen LogP contribution in [0.1, 0.15) is 17.5 Å². The van der Waals surface area contributed by atoms with Crippen LogP contribution in [-0.2, 0) is 17.6 Å². The van der Waals surface area contributed by atoms with Gasteiger partial charge in [-0.05, 0) is 36.1 Å². The Morgan fingerprint density at radius 1 is 1.21 bits per heavy atom. The number of hydrogen-bond acceptors (Lipinski definition) is 5. The van der Waals surface area contributed by atoms with Crippen molar-refractivity contribution in [2.45, 2.75) is 19.3 Å². The van der Waals surface area contributed by atoms with Crippen molar-refractivity contribution in [3.8, 4) is 5.75 Å². The molecule has 1 aromatic carbocycles. The molecular formula is C17H19N5O2. The molecule has 0 atom stereocenters. The molecule has 0 aliphatic heterocycles. The predicted octanol–water partition coefficient (Wildman–Crippen LogP) is 1.42. The average molecular weight is 325 g/mol. The van der Waals surface area contributed by atoms with E-state index in [0.717, 1.165) is 29.7 Å². The van der Waals surface area contributed by atoms with Crippen molar-refractivity contribution in [3.63, 3.8) is 0 Å². The summed E-state index contributed by atoms with van der Waals surface area (Å²) in [4.78, 5) is 20.2. The fraction of sp³-hybridized carbons (Fsp3) is 0.294. The highest BCUT2D eigenvalue weighted by molar-refractivity contribution is 5.78. The maximum Gasteiger partial charge on any atom is 0.252 e. The Bertz CT molecular complexity index is 813. The number of nitrogens with one attached hydrogen (secondary N) is 1. The van der Waals surface area contributed by atoms with Crippen molar-refractivity contribution in [1.82, 2.24) is 24.9 Å². The van der Waals surface area contributed by atoms with Crippen LogP contribution in [0.5, 0.6) is 5.75 Å². The van der Waals surface area contributed by atoms with E-state index < -0.39 is 0 Å². The molecule has 2 aromatic heterocycles. The zero-order valence-corrected chi connectivity index (χ0v) is 13.5. The average Bonchev–Trinajstić information content (AvgIpc) is 3.07. The molecular weight excluding hydrogens is 306 g/mol. The summed E-state index contributed by atoms with van der Waals surface area (Å²) < 4.78 is 6.75. The molecule has 0 aliphatic rings. The number of aromatic nitrogens is 4. The van der Waals surface area contributed by atoms with Crippen LogP contribution in [0.4, 0.5) is 0 Å². The lowest BCUT2D eigenvalue weighted by Crippen LogP contribution is -2.26. The van der Waals surface area contributed by atoms with Crippen LogP contribution in [0.25, 0.3) is 5.78 Å². The number of nitrogens with zero attached hydrogens (tertiary/aromatic N) is 4. The van der Waals surface area contributed by atoms with Crippen LogP contribution in [0.2, 0.25) is 0 Å². The quantitative estimate of drug-likeness (QED) is 0.665. The summed E-state index contributed by atoms with van der Waals surface area (Å²) in [7, 11) is 1.62. The Morgan fingerprint density at radius 2 is 2.04 bits per heavy atom.